The second kappa shape index (κ2) is 12.6. The molecule has 8 aromatic carbocycles. The maximum absolute atomic E-state index is 11.1. The number of nitrogens with zero attached hydrogens (tertiary/aromatic N) is 3. The Hall–Kier alpha value is -7.09. The molecule has 3 nitrogen and oxygen atoms in total. The molecule has 0 unspecified atom stereocenters. The number of fused-ring (bicyclic) bond motifs is 4. The number of nitriles is 1. The van der Waals surface area contributed by atoms with Crippen LogP contribution >= 0.6 is 0 Å². The van der Waals surface area contributed by atoms with E-state index in [-0.39, 0.29) is 6.71 Å². The molecule has 53 heavy (non-hydrogen) atoms. The van der Waals surface area contributed by atoms with Gasteiger partial charge in [-0.1, -0.05) is 152 Å². The summed E-state index contributed by atoms with van der Waals surface area (Å²) in [6, 6.07) is 71.5. The first-order valence-corrected chi connectivity index (χ1v) is 18.0. The fraction of sp³-hybridized carbons (Fsp3) is 0. The Morgan fingerprint density at radius 3 is 1.26 bits per heavy atom. The molecule has 2 aliphatic heterocycles. The zero-order chi connectivity index (χ0) is 35.3. The summed E-state index contributed by atoms with van der Waals surface area (Å²) in [5, 5.41) is 11.1. The van der Waals surface area contributed by atoms with E-state index in [1.165, 1.54) is 22.1 Å². The SMILES string of the molecule is N#Cc1cc(-c2ccccc2)c2c3c1N(c1ccccc1)c1ccc(-c4ccccc4)cc1B3c1cc(-c3ccccc3)ccc1N2c1ccccc1. The number of hydrogen-bond donors (Lipinski definition) is 0. The van der Waals surface area contributed by atoms with Crippen LogP contribution in [0.25, 0.3) is 33.4 Å². The topological polar surface area (TPSA) is 30.3 Å². The third kappa shape index (κ3) is 4.98. The predicted molar refractivity (Wildman–Crippen MR) is 221 cm³/mol. The van der Waals surface area contributed by atoms with Gasteiger partial charge < -0.3 is 9.80 Å². The second-order valence-corrected chi connectivity index (χ2v) is 13.6. The highest BCUT2D eigenvalue weighted by Crippen LogP contribution is 2.49. The van der Waals surface area contributed by atoms with Crippen LogP contribution in [0.4, 0.5) is 34.1 Å². The molecular formula is C49H32BN3. The molecule has 0 bridgehead atoms. The normalized spacial score (nSPS) is 12.4. The minimum absolute atomic E-state index is 0.159. The van der Waals surface area contributed by atoms with Crippen LogP contribution in [0.2, 0.25) is 0 Å². The van der Waals surface area contributed by atoms with Crippen molar-refractivity contribution >= 4 is 57.2 Å². The van der Waals surface area contributed by atoms with Crippen LogP contribution in [0, 0.1) is 11.3 Å². The van der Waals surface area contributed by atoms with E-state index in [2.05, 4.69) is 204 Å². The first-order valence-electron chi connectivity index (χ1n) is 18.0. The van der Waals surface area contributed by atoms with Crippen LogP contribution in [0.1, 0.15) is 5.56 Å². The molecule has 10 rings (SSSR count). The number of benzene rings is 8. The van der Waals surface area contributed by atoms with Gasteiger partial charge in [-0.2, -0.15) is 5.26 Å². The summed E-state index contributed by atoms with van der Waals surface area (Å²) in [6.45, 7) is -0.159. The van der Waals surface area contributed by atoms with E-state index in [1.807, 2.05) is 6.07 Å². The Bertz CT molecular complexity index is 2620. The first kappa shape index (κ1) is 30.7. The van der Waals surface area contributed by atoms with Gasteiger partial charge >= 0.3 is 0 Å². The predicted octanol–water partition coefficient (Wildman–Crippen LogP) is 10.6. The minimum Gasteiger partial charge on any atom is -0.311 e. The van der Waals surface area contributed by atoms with E-state index in [1.54, 1.807) is 0 Å². The summed E-state index contributed by atoms with van der Waals surface area (Å²) < 4.78 is 0. The van der Waals surface area contributed by atoms with Gasteiger partial charge in [0.15, 0.2) is 0 Å². The van der Waals surface area contributed by atoms with Crippen molar-refractivity contribution in [2.75, 3.05) is 9.80 Å². The molecule has 0 radical (unpaired) electrons. The zero-order valence-corrected chi connectivity index (χ0v) is 28.9. The largest absolute Gasteiger partial charge is 0.311 e. The smallest absolute Gasteiger partial charge is 0.252 e. The van der Waals surface area contributed by atoms with Crippen molar-refractivity contribution in [3.63, 3.8) is 0 Å². The Labute approximate surface area is 310 Å². The number of para-hydroxylation sites is 2. The monoisotopic (exact) mass is 673 g/mol. The van der Waals surface area contributed by atoms with Gasteiger partial charge in [0.05, 0.1) is 16.9 Å². The van der Waals surface area contributed by atoms with Crippen LogP contribution in [0.5, 0.6) is 0 Å². The van der Waals surface area contributed by atoms with Gasteiger partial charge in [0.25, 0.3) is 6.71 Å². The molecular weight excluding hydrogens is 641 g/mol. The molecule has 246 valence electrons. The lowest BCUT2D eigenvalue weighted by Crippen LogP contribution is -2.61. The number of anilines is 6. The Balaban J connectivity index is 1.38. The van der Waals surface area contributed by atoms with Crippen molar-refractivity contribution in [2.45, 2.75) is 0 Å². The van der Waals surface area contributed by atoms with E-state index in [9.17, 15) is 5.26 Å². The molecule has 2 heterocycles. The molecule has 8 aromatic rings. The Morgan fingerprint density at radius 1 is 0.396 bits per heavy atom. The fourth-order valence-electron chi connectivity index (χ4n) is 8.37. The number of rotatable bonds is 5. The molecule has 0 N–H and O–H groups in total. The lowest BCUT2D eigenvalue weighted by molar-refractivity contribution is 1.24. The van der Waals surface area contributed by atoms with Gasteiger partial charge in [0, 0.05) is 28.3 Å². The molecule has 0 aliphatic carbocycles. The maximum Gasteiger partial charge on any atom is 0.252 e. The van der Waals surface area contributed by atoms with E-state index < -0.39 is 0 Å². The highest BCUT2D eigenvalue weighted by molar-refractivity contribution is 7.00. The third-order valence-electron chi connectivity index (χ3n) is 10.7. The third-order valence-corrected chi connectivity index (χ3v) is 10.7. The standard InChI is InChI=1S/C49H32BN3/c51-33-39-30-42(36-20-10-3-11-21-36)49-47-48(39)52(40-22-12-4-13-23-40)45-28-26-37(34-16-6-1-7-17-34)31-43(45)50(47)44-32-38(35-18-8-2-9-19-35)27-29-46(44)53(49)41-24-14-5-15-25-41/h1-32H. The van der Waals surface area contributed by atoms with Gasteiger partial charge in [0.2, 0.25) is 0 Å². The van der Waals surface area contributed by atoms with E-state index in [0.29, 0.717) is 5.56 Å². The van der Waals surface area contributed by atoms with Gasteiger partial charge in [-0.05, 0) is 86.7 Å². The maximum atomic E-state index is 11.1. The van der Waals surface area contributed by atoms with Crippen molar-refractivity contribution in [1.82, 2.24) is 0 Å². The van der Waals surface area contributed by atoms with Gasteiger partial charge in [-0.3, -0.25) is 0 Å². The van der Waals surface area contributed by atoms with Crippen LogP contribution in [-0.2, 0) is 0 Å². The van der Waals surface area contributed by atoms with Gasteiger partial charge in [-0.15, -0.1) is 0 Å². The second-order valence-electron chi connectivity index (χ2n) is 13.6. The average molecular weight is 674 g/mol. The van der Waals surface area contributed by atoms with Crippen molar-refractivity contribution < 1.29 is 0 Å². The minimum atomic E-state index is -0.159. The van der Waals surface area contributed by atoms with E-state index in [0.717, 1.165) is 61.8 Å². The molecule has 0 fully saturated rings. The first-order chi connectivity index (χ1) is 26.3. The molecule has 0 saturated carbocycles. The zero-order valence-electron chi connectivity index (χ0n) is 28.9. The quantitative estimate of drug-likeness (QED) is 0.170. The molecule has 0 atom stereocenters. The Morgan fingerprint density at radius 2 is 0.811 bits per heavy atom. The van der Waals surface area contributed by atoms with Gasteiger partial charge in [-0.25, -0.2) is 0 Å². The van der Waals surface area contributed by atoms with Gasteiger partial charge in [0.1, 0.15) is 6.07 Å². The summed E-state index contributed by atoms with van der Waals surface area (Å²) in [7, 11) is 0. The van der Waals surface area contributed by atoms with Crippen molar-refractivity contribution in [2.24, 2.45) is 0 Å². The van der Waals surface area contributed by atoms with E-state index in [4.69, 9.17) is 0 Å². The fourth-order valence-corrected chi connectivity index (χ4v) is 8.37. The summed E-state index contributed by atoms with van der Waals surface area (Å²) in [4.78, 5) is 4.75. The lowest BCUT2D eigenvalue weighted by Gasteiger charge is -2.45. The van der Waals surface area contributed by atoms with Crippen molar-refractivity contribution in [3.8, 4) is 39.4 Å². The highest BCUT2D eigenvalue weighted by atomic mass is 15.2. The van der Waals surface area contributed by atoms with Crippen molar-refractivity contribution in [1.29, 1.82) is 5.26 Å². The van der Waals surface area contributed by atoms with Crippen molar-refractivity contribution in [3.05, 3.63) is 200 Å². The summed E-state index contributed by atoms with van der Waals surface area (Å²) in [5.41, 5.74) is 17.3. The van der Waals surface area contributed by atoms with Crippen LogP contribution in [0.3, 0.4) is 0 Å². The summed E-state index contributed by atoms with van der Waals surface area (Å²) >= 11 is 0. The molecule has 0 spiro atoms. The van der Waals surface area contributed by atoms with Crippen LogP contribution in [-0.4, -0.2) is 6.71 Å². The average Bonchev–Trinajstić information content (AvgIpc) is 3.24. The summed E-state index contributed by atoms with van der Waals surface area (Å²) in [6.07, 6.45) is 0. The lowest BCUT2D eigenvalue weighted by atomic mass is 9.33. The molecule has 0 aromatic heterocycles. The number of hydrogen-bond acceptors (Lipinski definition) is 3. The van der Waals surface area contributed by atoms with Crippen LogP contribution < -0.4 is 26.2 Å². The molecule has 4 heteroatoms. The molecule has 0 saturated heterocycles. The molecule has 0 amide bonds. The molecule has 2 aliphatic rings. The Kier molecular flexibility index (Phi) is 7.30. The summed E-state index contributed by atoms with van der Waals surface area (Å²) in [5.74, 6) is 0. The highest BCUT2D eigenvalue weighted by Gasteiger charge is 2.46. The van der Waals surface area contributed by atoms with E-state index >= 15 is 0 Å². The van der Waals surface area contributed by atoms with Crippen LogP contribution in [0.15, 0.2) is 194 Å².